The summed E-state index contributed by atoms with van der Waals surface area (Å²) in [4.78, 5) is 67.4. The van der Waals surface area contributed by atoms with Crippen molar-refractivity contribution in [1.29, 1.82) is 0 Å². The molecule has 224 valence electrons. The summed E-state index contributed by atoms with van der Waals surface area (Å²) in [6.45, 7) is 9.65. The molecule has 5 N–H and O–H groups in total. The minimum absolute atomic E-state index is 0.00498. The molecule has 0 saturated carbocycles. The molecule has 0 bridgehead atoms. The van der Waals surface area contributed by atoms with Crippen LogP contribution in [0.4, 0.5) is 4.79 Å². The predicted octanol–water partition coefficient (Wildman–Crippen LogP) is -1.26. The summed E-state index contributed by atoms with van der Waals surface area (Å²) in [6.07, 6.45) is 0.0223. The molecule has 14 heteroatoms. The number of nitrogens with two attached hydrogens (primary N) is 1. The highest BCUT2D eigenvalue weighted by Crippen LogP contribution is 2.19. The number of hydrogen-bond acceptors (Lipinski definition) is 9. The van der Waals surface area contributed by atoms with Crippen LogP contribution in [0.3, 0.4) is 0 Å². The maximum absolute atomic E-state index is 12.9. The molecule has 0 aromatic carbocycles. The SMILES string of the molecule is CN(CCNC(=O)OC(C)(C)C)CCN(C)CCN(C)CC(=O)NC(CC(N)=O)C(=O)N1CCC[C@H]1C(=O)O. The molecule has 0 radical (unpaired) electrons. The Morgan fingerprint density at radius 2 is 1.56 bits per heavy atom. The van der Waals surface area contributed by atoms with Gasteiger partial charge in [-0.15, -0.1) is 0 Å². The van der Waals surface area contributed by atoms with E-state index in [4.69, 9.17) is 10.5 Å². The summed E-state index contributed by atoms with van der Waals surface area (Å²) < 4.78 is 5.21. The molecule has 0 aliphatic carbocycles. The third-order valence-corrected chi connectivity index (χ3v) is 6.16. The van der Waals surface area contributed by atoms with Gasteiger partial charge < -0.3 is 40.9 Å². The van der Waals surface area contributed by atoms with Crippen molar-refractivity contribution in [3.05, 3.63) is 0 Å². The Labute approximate surface area is 231 Å². The van der Waals surface area contributed by atoms with Crippen LogP contribution in [0.25, 0.3) is 0 Å². The van der Waals surface area contributed by atoms with E-state index < -0.39 is 53.9 Å². The van der Waals surface area contributed by atoms with Crippen LogP contribution in [-0.4, -0.2) is 146 Å². The molecule has 1 saturated heterocycles. The van der Waals surface area contributed by atoms with Gasteiger partial charge in [-0.05, 0) is 54.8 Å². The highest BCUT2D eigenvalue weighted by molar-refractivity contribution is 5.94. The Morgan fingerprint density at radius 1 is 1.00 bits per heavy atom. The van der Waals surface area contributed by atoms with Gasteiger partial charge in [0.25, 0.3) is 0 Å². The van der Waals surface area contributed by atoms with Gasteiger partial charge in [-0.3, -0.25) is 19.3 Å². The molecular weight excluding hydrogens is 510 g/mol. The van der Waals surface area contributed by atoms with Crippen molar-refractivity contribution in [3.63, 3.8) is 0 Å². The Kier molecular flexibility index (Phi) is 14.2. The van der Waals surface area contributed by atoms with Gasteiger partial charge in [0.2, 0.25) is 17.7 Å². The standard InChI is InChI=1S/C25H47N7O7/c1-25(2,3)39-24(38)27-9-11-29(4)12-13-30(5)14-15-31(6)17-21(34)28-18(16-20(26)33)22(35)32-10-7-8-19(32)23(36)37/h18-19H,7-17H2,1-6H3,(H2,26,33)(H,27,38)(H,28,34)(H,36,37)/t18?,19-/m0/s1. The number of carbonyl (C=O) groups excluding carboxylic acids is 4. The van der Waals surface area contributed by atoms with Crippen LogP contribution in [0.1, 0.15) is 40.0 Å². The Hall–Kier alpha value is -2.97. The van der Waals surface area contributed by atoms with Crippen molar-refractivity contribution in [3.8, 4) is 0 Å². The van der Waals surface area contributed by atoms with Gasteiger partial charge in [0.1, 0.15) is 17.7 Å². The number of primary amides is 1. The lowest BCUT2D eigenvalue weighted by molar-refractivity contribution is -0.149. The van der Waals surface area contributed by atoms with E-state index in [2.05, 4.69) is 20.4 Å². The highest BCUT2D eigenvalue weighted by atomic mass is 16.6. The normalized spacial score (nSPS) is 16.4. The molecule has 1 aliphatic heterocycles. The first kappa shape index (κ1) is 34.1. The second kappa shape index (κ2) is 16.2. The molecule has 0 aromatic heterocycles. The third kappa shape index (κ3) is 14.1. The number of amides is 4. The largest absolute Gasteiger partial charge is 0.480 e. The Balaban J connectivity index is 2.40. The number of rotatable bonds is 16. The van der Waals surface area contributed by atoms with Gasteiger partial charge in [0.05, 0.1) is 13.0 Å². The Morgan fingerprint density at radius 3 is 2.10 bits per heavy atom. The van der Waals surface area contributed by atoms with E-state index in [1.165, 1.54) is 4.90 Å². The first-order valence-electron chi connectivity index (χ1n) is 13.2. The fourth-order valence-corrected chi connectivity index (χ4v) is 4.02. The number of ether oxygens (including phenoxy) is 1. The maximum Gasteiger partial charge on any atom is 0.407 e. The van der Waals surface area contributed by atoms with Gasteiger partial charge >= 0.3 is 12.1 Å². The third-order valence-electron chi connectivity index (χ3n) is 6.16. The average molecular weight is 558 g/mol. The summed E-state index contributed by atoms with van der Waals surface area (Å²) in [6, 6.07) is -2.17. The van der Waals surface area contributed by atoms with E-state index in [0.29, 0.717) is 39.0 Å². The highest BCUT2D eigenvalue weighted by Gasteiger charge is 2.38. The molecular formula is C25H47N7O7. The lowest BCUT2D eigenvalue weighted by Crippen LogP contribution is -2.54. The zero-order valence-corrected chi connectivity index (χ0v) is 24.2. The van der Waals surface area contributed by atoms with Crippen molar-refractivity contribution in [2.45, 2.75) is 57.7 Å². The fraction of sp³-hybridized carbons (Fsp3) is 0.800. The number of likely N-dealkylation sites (tertiary alicyclic amines) is 1. The van der Waals surface area contributed by atoms with Crippen LogP contribution in [0.15, 0.2) is 0 Å². The predicted molar refractivity (Wildman–Crippen MR) is 145 cm³/mol. The number of carbonyl (C=O) groups is 5. The second-order valence-electron chi connectivity index (χ2n) is 11.1. The van der Waals surface area contributed by atoms with Gasteiger partial charge in [0, 0.05) is 45.8 Å². The lowest BCUT2D eigenvalue weighted by Gasteiger charge is -2.28. The van der Waals surface area contributed by atoms with E-state index in [-0.39, 0.29) is 13.1 Å². The smallest absolute Gasteiger partial charge is 0.407 e. The van der Waals surface area contributed by atoms with Crippen molar-refractivity contribution in [2.24, 2.45) is 5.73 Å². The van der Waals surface area contributed by atoms with Crippen LogP contribution in [0.2, 0.25) is 0 Å². The van der Waals surface area contributed by atoms with E-state index in [1.807, 2.05) is 34.9 Å². The number of alkyl carbamates (subject to hydrolysis) is 1. The van der Waals surface area contributed by atoms with Crippen molar-refractivity contribution < 1.29 is 33.8 Å². The van der Waals surface area contributed by atoms with Crippen molar-refractivity contribution in [2.75, 3.05) is 73.5 Å². The molecule has 2 atom stereocenters. The average Bonchev–Trinajstić information content (AvgIpc) is 3.29. The first-order valence-corrected chi connectivity index (χ1v) is 13.2. The summed E-state index contributed by atoms with van der Waals surface area (Å²) in [5.41, 5.74) is 4.74. The number of aliphatic carboxylic acids is 1. The van der Waals surface area contributed by atoms with Crippen LogP contribution in [0, 0.1) is 0 Å². The molecule has 1 rings (SSSR count). The van der Waals surface area contributed by atoms with Crippen LogP contribution >= 0.6 is 0 Å². The maximum atomic E-state index is 12.9. The summed E-state index contributed by atoms with van der Waals surface area (Å²) >= 11 is 0. The number of nitrogens with zero attached hydrogens (tertiary/aromatic N) is 4. The number of hydrogen-bond donors (Lipinski definition) is 4. The molecule has 1 fully saturated rings. The van der Waals surface area contributed by atoms with Gasteiger partial charge in [0.15, 0.2) is 0 Å². The zero-order valence-electron chi connectivity index (χ0n) is 24.2. The number of nitrogens with one attached hydrogen (secondary N) is 2. The summed E-state index contributed by atoms with van der Waals surface area (Å²) in [7, 11) is 5.70. The zero-order chi connectivity index (χ0) is 29.8. The molecule has 0 aromatic rings. The van der Waals surface area contributed by atoms with E-state index >= 15 is 0 Å². The summed E-state index contributed by atoms with van der Waals surface area (Å²) in [5, 5.41) is 14.6. The molecule has 39 heavy (non-hydrogen) atoms. The summed E-state index contributed by atoms with van der Waals surface area (Å²) in [5.74, 6) is -2.94. The number of carboxylic acids is 1. The molecule has 4 amide bonds. The van der Waals surface area contributed by atoms with Crippen LogP contribution < -0.4 is 16.4 Å². The monoisotopic (exact) mass is 557 g/mol. The van der Waals surface area contributed by atoms with Crippen LogP contribution in [0.5, 0.6) is 0 Å². The lowest BCUT2D eigenvalue weighted by atomic mass is 10.1. The Bertz CT molecular complexity index is 849. The minimum Gasteiger partial charge on any atom is -0.480 e. The van der Waals surface area contributed by atoms with E-state index in [1.54, 1.807) is 11.9 Å². The first-order chi connectivity index (χ1) is 18.1. The molecule has 1 unspecified atom stereocenters. The minimum atomic E-state index is -1.20. The van der Waals surface area contributed by atoms with Gasteiger partial charge in [-0.2, -0.15) is 0 Å². The molecule has 1 aliphatic rings. The van der Waals surface area contributed by atoms with Gasteiger partial charge in [-0.25, -0.2) is 9.59 Å². The number of carboxylic acid groups (broad SMARTS) is 1. The number of likely N-dealkylation sites (N-methyl/N-ethyl adjacent to an activating group) is 3. The topological polar surface area (TPSA) is 178 Å². The second-order valence-corrected chi connectivity index (χ2v) is 11.1. The fourth-order valence-electron chi connectivity index (χ4n) is 4.02. The molecule has 1 heterocycles. The van der Waals surface area contributed by atoms with E-state index in [9.17, 15) is 29.1 Å². The molecule has 14 nitrogen and oxygen atoms in total. The molecule has 0 spiro atoms. The van der Waals surface area contributed by atoms with E-state index in [0.717, 1.165) is 13.1 Å². The van der Waals surface area contributed by atoms with Crippen molar-refractivity contribution >= 4 is 29.8 Å². The quantitative estimate of drug-likeness (QED) is 0.179. The van der Waals surface area contributed by atoms with Crippen LogP contribution in [-0.2, 0) is 23.9 Å². The van der Waals surface area contributed by atoms with Gasteiger partial charge in [-0.1, -0.05) is 0 Å². The van der Waals surface area contributed by atoms with Crippen molar-refractivity contribution in [1.82, 2.24) is 30.2 Å².